The number of carbonyl (C=O) groups is 1. The first-order valence-corrected chi connectivity index (χ1v) is 7.46. The van der Waals surface area contributed by atoms with Gasteiger partial charge in [-0.3, -0.25) is 4.79 Å². The molecule has 0 aliphatic carbocycles. The highest BCUT2D eigenvalue weighted by Crippen LogP contribution is 2.34. The van der Waals surface area contributed by atoms with Crippen LogP contribution in [0.2, 0.25) is 0 Å². The Hall–Kier alpha value is -1.10. The summed E-state index contributed by atoms with van der Waals surface area (Å²) in [6, 6.07) is 4.30. The molecule has 3 nitrogen and oxygen atoms in total. The van der Waals surface area contributed by atoms with Gasteiger partial charge in [0.1, 0.15) is 11.6 Å². The van der Waals surface area contributed by atoms with Crippen LogP contribution in [0.4, 0.5) is 10.1 Å². The number of alkyl halides is 1. The summed E-state index contributed by atoms with van der Waals surface area (Å²) in [5, 5.41) is 0.769. The molecule has 1 atom stereocenters. The summed E-state index contributed by atoms with van der Waals surface area (Å²) in [5.41, 5.74) is 0.530. The zero-order chi connectivity index (χ0) is 14.0. The molecular formula is C14H17BrFNO2. The quantitative estimate of drug-likeness (QED) is 0.793. The number of hydrogen-bond donors (Lipinski definition) is 0. The average Bonchev–Trinajstić information content (AvgIpc) is 2.72. The fourth-order valence-electron chi connectivity index (χ4n) is 2.17. The van der Waals surface area contributed by atoms with Crippen LogP contribution in [0.1, 0.15) is 20.3 Å². The van der Waals surface area contributed by atoms with E-state index >= 15 is 0 Å². The van der Waals surface area contributed by atoms with Crippen molar-refractivity contribution >= 4 is 27.5 Å². The molecule has 1 saturated heterocycles. The number of benzene rings is 1. The van der Waals surface area contributed by atoms with E-state index in [-0.39, 0.29) is 23.7 Å². The molecule has 104 valence electrons. The van der Waals surface area contributed by atoms with Crippen molar-refractivity contribution in [3.8, 4) is 5.75 Å². The van der Waals surface area contributed by atoms with Crippen LogP contribution in [0.15, 0.2) is 18.2 Å². The fraction of sp³-hybridized carbons (Fsp3) is 0.500. The minimum atomic E-state index is -0.360. The first-order valence-electron chi connectivity index (χ1n) is 6.33. The smallest absolute Gasteiger partial charge is 0.227 e. The van der Waals surface area contributed by atoms with Crippen molar-refractivity contribution in [3.05, 3.63) is 24.0 Å². The Morgan fingerprint density at radius 2 is 2.26 bits per heavy atom. The highest BCUT2D eigenvalue weighted by Gasteiger charge is 2.31. The fourth-order valence-corrected chi connectivity index (χ4v) is 2.61. The van der Waals surface area contributed by atoms with E-state index in [1.807, 2.05) is 13.8 Å². The molecular weight excluding hydrogens is 313 g/mol. The molecule has 1 amide bonds. The molecule has 1 unspecified atom stereocenters. The van der Waals surface area contributed by atoms with E-state index in [1.54, 1.807) is 11.0 Å². The lowest BCUT2D eigenvalue weighted by Gasteiger charge is -2.21. The van der Waals surface area contributed by atoms with Gasteiger partial charge in [0.2, 0.25) is 5.91 Å². The van der Waals surface area contributed by atoms with Crippen molar-refractivity contribution < 1.29 is 13.9 Å². The zero-order valence-electron chi connectivity index (χ0n) is 11.0. The van der Waals surface area contributed by atoms with Crippen LogP contribution in [0.5, 0.6) is 5.75 Å². The lowest BCUT2D eigenvalue weighted by atomic mass is 10.2. The van der Waals surface area contributed by atoms with Crippen LogP contribution in [-0.4, -0.2) is 23.9 Å². The molecule has 1 fully saturated rings. The van der Waals surface area contributed by atoms with E-state index in [4.69, 9.17) is 4.74 Å². The van der Waals surface area contributed by atoms with E-state index in [1.165, 1.54) is 12.1 Å². The Balaban J connectivity index is 2.32. The highest BCUT2D eigenvalue weighted by molar-refractivity contribution is 9.09. The lowest BCUT2D eigenvalue weighted by Crippen LogP contribution is -2.26. The second-order valence-electron chi connectivity index (χ2n) is 5.01. The van der Waals surface area contributed by atoms with Gasteiger partial charge in [0.25, 0.3) is 0 Å². The normalized spacial score (nSPS) is 19.3. The third-order valence-electron chi connectivity index (χ3n) is 3.00. The van der Waals surface area contributed by atoms with E-state index in [0.29, 0.717) is 24.4 Å². The molecule has 1 heterocycles. The third kappa shape index (κ3) is 3.26. The maximum absolute atomic E-state index is 13.4. The Morgan fingerprint density at radius 3 is 2.84 bits per heavy atom. The van der Waals surface area contributed by atoms with Gasteiger partial charge in [-0.25, -0.2) is 4.39 Å². The largest absolute Gasteiger partial charge is 0.489 e. The average molecular weight is 330 g/mol. The Bertz CT molecular complexity index is 479. The summed E-state index contributed by atoms with van der Waals surface area (Å²) in [4.78, 5) is 13.6. The van der Waals surface area contributed by atoms with Crippen LogP contribution >= 0.6 is 15.9 Å². The molecule has 0 saturated carbocycles. The summed E-state index contributed by atoms with van der Waals surface area (Å²) >= 11 is 3.39. The summed E-state index contributed by atoms with van der Waals surface area (Å²) in [7, 11) is 0. The Morgan fingerprint density at radius 1 is 1.53 bits per heavy atom. The molecule has 0 spiro atoms. The Kier molecular flexibility index (Phi) is 4.45. The van der Waals surface area contributed by atoms with Gasteiger partial charge in [-0.2, -0.15) is 0 Å². The van der Waals surface area contributed by atoms with Crippen LogP contribution in [0, 0.1) is 11.7 Å². The van der Waals surface area contributed by atoms with Crippen molar-refractivity contribution in [1.82, 2.24) is 0 Å². The van der Waals surface area contributed by atoms with Crippen molar-refractivity contribution in [2.24, 2.45) is 5.92 Å². The Labute approximate surface area is 120 Å². The number of halogens is 2. The van der Waals surface area contributed by atoms with E-state index in [2.05, 4.69) is 15.9 Å². The predicted molar refractivity (Wildman–Crippen MR) is 76.4 cm³/mol. The molecule has 0 aromatic heterocycles. The van der Waals surface area contributed by atoms with Gasteiger partial charge in [0, 0.05) is 24.4 Å². The first kappa shape index (κ1) is 14.3. The first-order chi connectivity index (χ1) is 9.01. The monoisotopic (exact) mass is 329 g/mol. The number of rotatable bonds is 4. The van der Waals surface area contributed by atoms with Crippen molar-refractivity contribution in [2.45, 2.75) is 26.4 Å². The minimum Gasteiger partial charge on any atom is -0.489 e. The lowest BCUT2D eigenvalue weighted by molar-refractivity contribution is -0.117. The number of ether oxygens (including phenoxy) is 1. The summed E-state index contributed by atoms with van der Waals surface area (Å²) in [6.45, 7) is 4.41. The van der Waals surface area contributed by atoms with Gasteiger partial charge in [0.15, 0.2) is 0 Å². The number of anilines is 1. The molecule has 1 aliphatic rings. The summed E-state index contributed by atoms with van der Waals surface area (Å²) in [5.74, 6) is 0.479. The molecule has 19 heavy (non-hydrogen) atoms. The van der Waals surface area contributed by atoms with E-state index in [9.17, 15) is 9.18 Å². The van der Waals surface area contributed by atoms with Crippen molar-refractivity contribution in [1.29, 1.82) is 0 Å². The van der Waals surface area contributed by atoms with Crippen molar-refractivity contribution in [3.63, 3.8) is 0 Å². The third-order valence-corrected chi connectivity index (χ3v) is 3.91. The number of nitrogens with zero attached hydrogens (tertiary/aromatic N) is 1. The van der Waals surface area contributed by atoms with E-state index in [0.717, 1.165) is 5.33 Å². The van der Waals surface area contributed by atoms with E-state index < -0.39 is 0 Å². The summed E-state index contributed by atoms with van der Waals surface area (Å²) < 4.78 is 19.1. The van der Waals surface area contributed by atoms with Crippen LogP contribution in [0.3, 0.4) is 0 Å². The maximum Gasteiger partial charge on any atom is 0.227 e. The minimum absolute atomic E-state index is 0.0173. The second kappa shape index (κ2) is 5.90. The number of carbonyl (C=O) groups excluding carboxylic acids is 1. The summed E-state index contributed by atoms with van der Waals surface area (Å²) in [6.07, 6.45) is 0.469. The standard InChI is InChI=1S/C14H17BrFNO2/c1-9(2)19-13-4-3-11(16)6-12(13)17-8-10(7-15)5-14(17)18/h3-4,6,9-10H,5,7-8H2,1-2H3. The van der Waals surface area contributed by atoms with Gasteiger partial charge in [-0.15, -0.1) is 0 Å². The maximum atomic E-state index is 13.4. The van der Waals surface area contributed by atoms with Gasteiger partial charge >= 0.3 is 0 Å². The zero-order valence-corrected chi connectivity index (χ0v) is 12.6. The predicted octanol–water partition coefficient (Wildman–Crippen LogP) is 3.36. The molecule has 0 N–H and O–H groups in total. The van der Waals surface area contributed by atoms with Gasteiger partial charge in [0.05, 0.1) is 11.8 Å². The van der Waals surface area contributed by atoms with Gasteiger partial charge < -0.3 is 9.64 Å². The van der Waals surface area contributed by atoms with Crippen LogP contribution in [-0.2, 0) is 4.79 Å². The molecule has 2 rings (SSSR count). The molecule has 0 radical (unpaired) electrons. The van der Waals surface area contributed by atoms with Crippen LogP contribution in [0.25, 0.3) is 0 Å². The topological polar surface area (TPSA) is 29.5 Å². The highest BCUT2D eigenvalue weighted by atomic mass is 79.9. The van der Waals surface area contributed by atoms with Gasteiger partial charge in [-0.1, -0.05) is 15.9 Å². The number of amides is 1. The molecule has 5 heteroatoms. The molecule has 0 bridgehead atoms. The second-order valence-corrected chi connectivity index (χ2v) is 5.65. The van der Waals surface area contributed by atoms with Crippen molar-refractivity contribution in [2.75, 3.05) is 16.8 Å². The molecule has 1 aromatic rings. The number of hydrogen-bond acceptors (Lipinski definition) is 2. The SMILES string of the molecule is CC(C)Oc1ccc(F)cc1N1CC(CBr)CC1=O. The van der Waals surface area contributed by atoms with Crippen LogP contribution < -0.4 is 9.64 Å². The molecule has 1 aromatic carbocycles. The molecule has 1 aliphatic heterocycles. The van der Waals surface area contributed by atoms with Gasteiger partial charge in [-0.05, 0) is 31.9 Å².